The topological polar surface area (TPSA) is 64.3 Å². The summed E-state index contributed by atoms with van der Waals surface area (Å²) in [6, 6.07) is 5.29. The van der Waals surface area contributed by atoms with Gasteiger partial charge < -0.3 is 15.8 Å². The zero-order valence-electron chi connectivity index (χ0n) is 12.7. The summed E-state index contributed by atoms with van der Waals surface area (Å²) < 4.78 is 5.10. The molecular formula is C16H24N2O2S. The van der Waals surface area contributed by atoms with E-state index in [0.717, 1.165) is 11.7 Å². The largest absolute Gasteiger partial charge is 0.497 e. The number of nitrogen functional groups attached to an aromatic ring is 1. The van der Waals surface area contributed by atoms with Crippen molar-refractivity contribution in [1.29, 1.82) is 0 Å². The van der Waals surface area contributed by atoms with Gasteiger partial charge in [-0.3, -0.25) is 4.79 Å². The highest BCUT2D eigenvalue weighted by molar-refractivity contribution is 8.00. The Morgan fingerprint density at radius 2 is 2.19 bits per heavy atom. The lowest BCUT2D eigenvalue weighted by Gasteiger charge is -2.15. The summed E-state index contributed by atoms with van der Waals surface area (Å²) in [6.45, 7) is 1.95. The van der Waals surface area contributed by atoms with Gasteiger partial charge in [0.25, 0.3) is 0 Å². The van der Waals surface area contributed by atoms with Crippen LogP contribution in [0, 0.1) is 5.92 Å². The van der Waals surface area contributed by atoms with Crippen LogP contribution >= 0.6 is 11.8 Å². The summed E-state index contributed by atoms with van der Waals surface area (Å²) in [7, 11) is 1.59. The van der Waals surface area contributed by atoms with Gasteiger partial charge in [0.15, 0.2) is 0 Å². The third-order valence-corrected chi connectivity index (χ3v) is 5.32. The lowest BCUT2D eigenvalue weighted by molar-refractivity contribution is -0.115. The van der Waals surface area contributed by atoms with E-state index in [1.807, 2.05) is 6.92 Å². The third-order valence-electron chi connectivity index (χ3n) is 3.94. The molecule has 1 unspecified atom stereocenters. The minimum absolute atomic E-state index is 0.00913. The summed E-state index contributed by atoms with van der Waals surface area (Å²) in [5.41, 5.74) is 7.09. The lowest BCUT2D eigenvalue weighted by atomic mass is 10.1. The quantitative estimate of drug-likeness (QED) is 0.789. The average molecular weight is 308 g/mol. The average Bonchev–Trinajstić information content (AvgIpc) is 3.00. The number of hydrogen-bond acceptors (Lipinski definition) is 4. The number of nitrogens with two attached hydrogens (primary N) is 1. The molecular weight excluding hydrogens is 284 g/mol. The molecule has 21 heavy (non-hydrogen) atoms. The lowest BCUT2D eigenvalue weighted by Crippen LogP contribution is -2.24. The van der Waals surface area contributed by atoms with Crippen LogP contribution in [0.2, 0.25) is 0 Å². The molecule has 0 bridgehead atoms. The Bertz CT molecular complexity index is 487. The van der Waals surface area contributed by atoms with Crippen molar-refractivity contribution in [3.63, 3.8) is 0 Å². The number of amides is 1. The first-order valence-corrected chi connectivity index (χ1v) is 8.51. The fraction of sp³-hybridized carbons (Fsp3) is 0.562. The third kappa shape index (κ3) is 4.56. The number of benzene rings is 1. The van der Waals surface area contributed by atoms with Gasteiger partial charge >= 0.3 is 0 Å². The number of methoxy groups -OCH3 is 1. The first-order chi connectivity index (χ1) is 10.1. The van der Waals surface area contributed by atoms with E-state index in [9.17, 15) is 4.79 Å². The van der Waals surface area contributed by atoms with Crippen molar-refractivity contribution >= 4 is 29.0 Å². The normalized spacial score (nSPS) is 16.7. The molecule has 1 aliphatic rings. The molecule has 0 aromatic heterocycles. The van der Waals surface area contributed by atoms with E-state index in [-0.39, 0.29) is 11.2 Å². The van der Waals surface area contributed by atoms with E-state index >= 15 is 0 Å². The van der Waals surface area contributed by atoms with Gasteiger partial charge in [-0.25, -0.2) is 0 Å². The molecule has 0 spiro atoms. The van der Waals surface area contributed by atoms with Crippen molar-refractivity contribution in [3.8, 4) is 5.75 Å². The van der Waals surface area contributed by atoms with Crippen LogP contribution in [0.1, 0.15) is 32.6 Å². The Balaban J connectivity index is 1.84. The van der Waals surface area contributed by atoms with Crippen LogP contribution in [-0.4, -0.2) is 24.0 Å². The van der Waals surface area contributed by atoms with E-state index in [1.54, 1.807) is 37.1 Å². The molecule has 4 nitrogen and oxygen atoms in total. The highest BCUT2D eigenvalue weighted by Crippen LogP contribution is 2.30. The van der Waals surface area contributed by atoms with Crippen molar-refractivity contribution in [2.75, 3.05) is 23.9 Å². The molecule has 2 rings (SSSR count). The number of anilines is 2. The fourth-order valence-corrected chi connectivity index (χ4v) is 3.65. The van der Waals surface area contributed by atoms with E-state index in [2.05, 4.69) is 5.32 Å². The molecule has 1 aromatic carbocycles. The first kappa shape index (κ1) is 16.0. The van der Waals surface area contributed by atoms with Crippen LogP contribution in [0.5, 0.6) is 5.75 Å². The number of carbonyl (C=O) groups is 1. The van der Waals surface area contributed by atoms with Gasteiger partial charge in [0.2, 0.25) is 5.91 Å². The second kappa shape index (κ2) is 7.59. The molecule has 1 atom stereocenters. The zero-order chi connectivity index (χ0) is 15.2. The first-order valence-electron chi connectivity index (χ1n) is 7.46. The molecule has 0 saturated heterocycles. The van der Waals surface area contributed by atoms with Gasteiger partial charge in [-0.1, -0.05) is 12.8 Å². The number of carbonyl (C=O) groups excluding carboxylic acids is 1. The summed E-state index contributed by atoms with van der Waals surface area (Å²) in [6.07, 6.45) is 5.31. The Kier molecular flexibility index (Phi) is 5.79. The predicted molar refractivity (Wildman–Crippen MR) is 89.9 cm³/mol. The van der Waals surface area contributed by atoms with Gasteiger partial charge in [-0.15, -0.1) is 11.8 Å². The fourth-order valence-electron chi connectivity index (χ4n) is 2.55. The monoisotopic (exact) mass is 308 g/mol. The van der Waals surface area contributed by atoms with E-state index in [0.29, 0.717) is 17.1 Å². The van der Waals surface area contributed by atoms with Crippen molar-refractivity contribution in [3.05, 3.63) is 18.2 Å². The number of rotatable bonds is 6. The summed E-state index contributed by atoms with van der Waals surface area (Å²) in [4.78, 5) is 12.2. The van der Waals surface area contributed by atoms with Crippen LogP contribution in [0.15, 0.2) is 18.2 Å². The second-order valence-electron chi connectivity index (χ2n) is 5.57. The number of thioether (sulfide) groups is 1. The smallest absolute Gasteiger partial charge is 0.237 e. The van der Waals surface area contributed by atoms with Gasteiger partial charge in [0.05, 0.1) is 23.7 Å². The molecule has 1 aromatic rings. The highest BCUT2D eigenvalue weighted by Gasteiger charge is 2.19. The second-order valence-corrected chi connectivity index (χ2v) is 6.94. The van der Waals surface area contributed by atoms with E-state index in [1.165, 1.54) is 25.7 Å². The maximum Gasteiger partial charge on any atom is 0.237 e. The summed E-state index contributed by atoms with van der Waals surface area (Å²) in [5.74, 6) is 2.56. The Hall–Kier alpha value is -1.36. The van der Waals surface area contributed by atoms with Crippen molar-refractivity contribution in [2.45, 2.75) is 37.9 Å². The van der Waals surface area contributed by atoms with Gasteiger partial charge in [0, 0.05) is 6.07 Å². The molecule has 0 aliphatic heterocycles. The number of hydrogen-bond donors (Lipinski definition) is 2. The molecule has 0 radical (unpaired) electrons. The Morgan fingerprint density at radius 1 is 1.48 bits per heavy atom. The molecule has 5 heteroatoms. The molecule has 1 aliphatic carbocycles. The van der Waals surface area contributed by atoms with Crippen molar-refractivity contribution in [1.82, 2.24) is 0 Å². The van der Waals surface area contributed by atoms with Crippen molar-refractivity contribution < 1.29 is 9.53 Å². The van der Waals surface area contributed by atoms with Gasteiger partial charge in [0.1, 0.15) is 5.75 Å². The van der Waals surface area contributed by atoms with Gasteiger partial charge in [-0.05, 0) is 43.6 Å². The SMILES string of the molecule is COc1ccc(NC(=O)C(C)SCC2CCCC2)c(N)c1. The van der Waals surface area contributed by atoms with E-state index in [4.69, 9.17) is 10.5 Å². The van der Waals surface area contributed by atoms with Crippen LogP contribution in [0.25, 0.3) is 0 Å². The number of ether oxygens (including phenoxy) is 1. The van der Waals surface area contributed by atoms with Gasteiger partial charge in [-0.2, -0.15) is 0 Å². The van der Waals surface area contributed by atoms with Crippen LogP contribution in [0.4, 0.5) is 11.4 Å². The summed E-state index contributed by atoms with van der Waals surface area (Å²) in [5, 5.41) is 2.83. The highest BCUT2D eigenvalue weighted by atomic mass is 32.2. The number of nitrogens with one attached hydrogen (secondary N) is 1. The Morgan fingerprint density at radius 3 is 2.81 bits per heavy atom. The minimum atomic E-state index is -0.0629. The molecule has 0 heterocycles. The summed E-state index contributed by atoms with van der Waals surface area (Å²) >= 11 is 1.74. The van der Waals surface area contributed by atoms with Crippen LogP contribution in [-0.2, 0) is 4.79 Å². The van der Waals surface area contributed by atoms with Crippen LogP contribution in [0.3, 0.4) is 0 Å². The predicted octanol–water partition coefficient (Wildman–Crippen LogP) is 3.53. The van der Waals surface area contributed by atoms with Crippen molar-refractivity contribution in [2.24, 2.45) is 5.92 Å². The van der Waals surface area contributed by atoms with E-state index < -0.39 is 0 Å². The van der Waals surface area contributed by atoms with Crippen LogP contribution < -0.4 is 15.8 Å². The Labute approximate surface area is 130 Å². The standard InChI is InChI=1S/C16H24N2O2S/c1-11(21-10-12-5-3-4-6-12)16(19)18-15-8-7-13(20-2)9-14(15)17/h7-9,11-12H,3-6,10,17H2,1-2H3,(H,18,19). The molecule has 1 fully saturated rings. The molecule has 116 valence electrons. The minimum Gasteiger partial charge on any atom is -0.497 e. The molecule has 1 saturated carbocycles. The zero-order valence-corrected chi connectivity index (χ0v) is 13.5. The molecule has 3 N–H and O–H groups in total. The molecule has 1 amide bonds. The maximum atomic E-state index is 12.2. The maximum absolute atomic E-state index is 12.2.